The minimum Gasteiger partial charge on any atom is -0.338 e. The predicted molar refractivity (Wildman–Crippen MR) is 120 cm³/mol. The van der Waals surface area contributed by atoms with Gasteiger partial charge >= 0.3 is 12.2 Å². The molecule has 0 saturated carbocycles. The van der Waals surface area contributed by atoms with Crippen LogP contribution in [0.3, 0.4) is 0 Å². The summed E-state index contributed by atoms with van der Waals surface area (Å²) >= 11 is 0. The molecule has 0 bridgehead atoms. The Balaban J connectivity index is 1.28. The molecule has 186 valence electrons. The Morgan fingerprint density at radius 2 is 1.83 bits per heavy atom. The van der Waals surface area contributed by atoms with E-state index in [0.717, 1.165) is 17.7 Å². The van der Waals surface area contributed by atoms with Gasteiger partial charge < -0.3 is 14.7 Å². The van der Waals surface area contributed by atoms with Crippen LogP contribution in [0.15, 0.2) is 53.1 Å². The Hall–Kier alpha value is -3.47. The Morgan fingerprint density at radius 3 is 2.51 bits per heavy atom. The SMILES string of the molecule is C[C@@H](c1nc(-c2cccc(C(F)(F)F)c2)no1)N1CCN(C(=O)NCCc2ccc(F)cc2)CC1. The lowest BCUT2D eigenvalue weighted by atomic mass is 10.1. The standard InChI is InChI=1S/C24H25F4N5O2/c1-16(22-30-21(31-35-22)18-3-2-4-19(15-18)24(26,27)28)32-11-13-33(14-12-32)23(34)29-10-9-17-5-7-20(25)8-6-17/h2-8,15-16H,9-14H2,1H3,(H,29,34)/t16-/m0/s1. The molecule has 0 aliphatic carbocycles. The fourth-order valence-corrected chi connectivity index (χ4v) is 3.90. The first kappa shape index (κ1) is 24.6. The highest BCUT2D eigenvalue weighted by Crippen LogP contribution is 2.32. The molecular weight excluding hydrogens is 466 g/mol. The molecule has 3 aromatic rings. The number of halogens is 4. The zero-order valence-electron chi connectivity index (χ0n) is 19.1. The third kappa shape index (κ3) is 6.16. The predicted octanol–water partition coefficient (Wildman–Crippen LogP) is 4.53. The number of piperazine rings is 1. The van der Waals surface area contributed by atoms with Gasteiger partial charge in [0.05, 0.1) is 11.6 Å². The first-order valence-electron chi connectivity index (χ1n) is 11.2. The van der Waals surface area contributed by atoms with Crippen LogP contribution in [-0.2, 0) is 12.6 Å². The summed E-state index contributed by atoms with van der Waals surface area (Å²) in [6.07, 6.45) is -3.85. The van der Waals surface area contributed by atoms with E-state index in [1.165, 1.54) is 24.3 Å². The van der Waals surface area contributed by atoms with Gasteiger partial charge in [0, 0.05) is 38.3 Å². The first-order valence-corrected chi connectivity index (χ1v) is 11.2. The lowest BCUT2D eigenvalue weighted by molar-refractivity contribution is -0.137. The molecule has 35 heavy (non-hydrogen) atoms. The minimum atomic E-state index is -4.46. The number of nitrogens with one attached hydrogen (secondary N) is 1. The Morgan fingerprint density at radius 1 is 1.11 bits per heavy atom. The molecule has 11 heteroatoms. The third-order valence-electron chi connectivity index (χ3n) is 6.00. The molecule has 1 aliphatic heterocycles. The van der Waals surface area contributed by atoms with E-state index in [1.807, 2.05) is 6.92 Å². The second kappa shape index (κ2) is 10.4. The summed E-state index contributed by atoms with van der Waals surface area (Å²) in [5, 5.41) is 6.74. The maximum atomic E-state index is 13.0. The molecule has 1 aromatic heterocycles. The number of rotatable bonds is 6. The van der Waals surface area contributed by atoms with Crippen LogP contribution >= 0.6 is 0 Å². The molecule has 1 saturated heterocycles. The average Bonchev–Trinajstić information content (AvgIpc) is 3.35. The molecule has 2 aromatic carbocycles. The number of aromatic nitrogens is 2. The second-order valence-corrected chi connectivity index (χ2v) is 8.34. The van der Waals surface area contributed by atoms with Crippen molar-refractivity contribution < 1.29 is 26.9 Å². The van der Waals surface area contributed by atoms with Gasteiger partial charge in [-0.05, 0) is 43.2 Å². The normalized spacial score (nSPS) is 15.7. The smallest absolute Gasteiger partial charge is 0.338 e. The molecule has 0 unspecified atom stereocenters. The highest BCUT2D eigenvalue weighted by atomic mass is 19.4. The molecule has 1 N–H and O–H groups in total. The zero-order valence-corrected chi connectivity index (χ0v) is 19.1. The van der Waals surface area contributed by atoms with Crippen LogP contribution < -0.4 is 5.32 Å². The van der Waals surface area contributed by atoms with Crippen LogP contribution in [0, 0.1) is 5.82 Å². The average molecular weight is 491 g/mol. The van der Waals surface area contributed by atoms with Crippen molar-refractivity contribution in [2.45, 2.75) is 25.6 Å². The van der Waals surface area contributed by atoms with Gasteiger partial charge in [-0.3, -0.25) is 4.90 Å². The van der Waals surface area contributed by atoms with Gasteiger partial charge in [-0.25, -0.2) is 9.18 Å². The first-order chi connectivity index (χ1) is 16.7. The maximum absolute atomic E-state index is 13.0. The largest absolute Gasteiger partial charge is 0.416 e. The van der Waals surface area contributed by atoms with Gasteiger partial charge in [0.15, 0.2) is 0 Å². The van der Waals surface area contributed by atoms with Crippen molar-refractivity contribution in [2.75, 3.05) is 32.7 Å². The highest BCUT2D eigenvalue weighted by molar-refractivity contribution is 5.74. The third-order valence-corrected chi connectivity index (χ3v) is 6.00. The van der Waals surface area contributed by atoms with E-state index in [2.05, 4.69) is 20.4 Å². The minimum absolute atomic E-state index is 0.0946. The molecule has 1 fully saturated rings. The van der Waals surface area contributed by atoms with E-state index < -0.39 is 11.7 Å². The molecule has 2 amide bonds. The van der Waals surface area contributed by atoms with Crippen molar-refractivity contribution in [1.29, 1.82) is 0 Å². The van der Waals surface area contributed by atoms with Crippen molar-refractivity contribution in [3.05, 3.63) is 71.4 Å². The molecule has 4 rings (SSSR count). The molecule has 7 nitrogen and oxygen atoms in total. The van der Waals surface area contributed by atoms with Gasteiger partial charge in [0.1, 0.15) is 5.82 Å². The van der Waals surface area contributed by atoms with Crippen molar-refractivity contribution >= 4 is 6.03 Å². The van der Waals surface area contributed by atoms with E-state index >= 15 is 0 Å². The van der Waals surface area contributed by atoms with Crippen LogP contribution in [0.25, 0.3) is 11.4 Å². The topological polar surface area (TPSA) is 74.5 Å². The zero-order chi connectivity index (χ0) is 25.0. The van der Waals surface area contributed by atoms with Gasteiger partial charge in [-0.15, -0.1) is 0 Å². The number of carbonyl (C=O) groups excluding carboxylic acids is 1. The van der Waals surface area contributed by atoms with Crippen LogP contribution in [-0.4, -0.2) is 58.7 Å². The summed E-state index contributed by atoms with van der Waals surface area (Å²) in [7, 11) is 0. The maximum Gasteiger partial charge on any atom is 0.416 e. The van der Waals surface area contributed by atoms with E-state index in [9.17, 15) is 22.4 Å². The van der Waals surface area contributed by atoms with Gasteiger partial charge in [-0.2, -0.15) is 18.2 Å². The molecule has 0 radical (unpaired) electrons. The Labute approximate surface area is 199 Å². The number of nitrogens with zero attached hydrogens (tertiary/aromatic N) is 4. The Kier molecular flexibility index (Phi) is 7.34. The summed E-state index contributed by atoms with van der Waals surface area (Å²) in [6.45, 7) is 4.48. The molecule has 1 aliphatic rings. The summed E-state index contributed by atoms with van der Waals surface area (Å²) < 4.78 is 57.3. The van der Waals surface area contributed by atoms with Crippen LogP contribution in [0.4, 0.5) is 22.4 Å². The molecule has 1 atom stereocenters. The summed E-state index contributed by atoms with van der Waals surface area (Å²) in [5.41, 5.74) is 0.389. The number of amides is 2. The van der Waals surface area contributed by atoms with Crippen LogP contribution in [0.1, 0.15) is 30.0 Å². The second-order valence-electron chi connectivity index (χ2n) is 8.34. The van der Waals surface area contributed by atoms with E-state index in [1.54, 1.807) is 17.0 Å². The summed E-state index contributed by atoms with van der Waals surface area (Å²) in [5.74, 6) is 0.101. The van der Waals surface area contributed by atoms with Crippen molar-refractivity contribution in [2.24, 2.45) is 0 Å². The fraction of sp³-hybridized carbons (Fsp3) is 0.375. The summed E-state index contributed by atoms with van der Waals surface area (Å²) in [4.78, 5) is 20.6. The lowest BCUT2D eigenvalue weighted by Crippen LogP contribution is -2.52. The molecule has 0 spiro atoms. The summed E-state index contributed by atoms with van der Waals surface area (Å²) in [6, 6.07) is 10.5. The Bertz CT molecular complexity index is 1140. The number of carbonyl (C=O) groups is 1. The van der Waals surface area contributed by atoms with E-state index in [-0.39, 0.29) is 29.3 Å². The van der Waals surface area contributed by atoms with Crippen molar-refractivity contribution in [1.82, 2.24) is 25.3 Å². The molecule has 2 heterocycles. The quantitative estimate of drug-likeness (QED) is 0.513. The highest BCUT2D eigenvalue weighted by Gasteiger charge is 2.31. The fourth-order valence-electron chi connectivity index (χ4n) is 3.90. The van der Waals surface area contributed by atoms with E-state index in [0.29, 0.717) is 45.0 Å². The number of alkyl halides is 3. The number of hydrogen-bond donors (Lipinski definition) is 1. The van der Waals surface area contributed by atoms with Crippen molar-refractivity contribution in [3.8, 4) is 11.4 Å². The monoisotopic (exact) mass is 491 g/mol. The van der Waals surface area contributed by atoms with Gasteiger partial charge in [0.2, 0.25) is 11.7 Å². The van der Waals surface area contributed by atoms with Crippen LogP contribution in [0.2, 0.25) is 0 Å². The number of urea groups is 1. The van der Waals surface area contributed by atoms with Crippen LogP contribution in [0.5, 0.6) is 0 Å². The number of hydrogen-bond acceptors (Lipinski definition) is 5. The van der Waals surface area contributed by atoms with Crippen molar-refractivity contribution in [3.63, 3.8) is 0 Å². The lowest BCUT2D eigenvalue weighted by Gasteiger charge is -2.36. The van der Waals surface area contributed by atoms with Gasteiger partial charge in [0.25, 0.3) is 0 Å². The molecular formula is C24H25F4N5O2. The van der Waals surface area contributed by atoms with Gasteiger partial charge in [-0.1, -0.05) is 29.4 Å². The number of benzene rings is 2. The van der Waals surface area contributed by atoms with E-state index in [4.69, 9.17) is 4.52 Å².